The molecule has 4 aliphatic carbocycles. The molecule has 0 radical (unpaired) electrons. The number of carbonyl (C=O) groups excluding carboxylic acids is 1. The second-order valence-corrected chi connectivity index (χ2v) is 7.15. The molecule has 4 bridgehead atoms. The molecular formula is C18H23NO2. The highest BCUT2D eigenvalue weighted by atomic mass is 16.5. The quantitative estimate of drug-likeness (QED) is 0.919. The number of hydrogen-bond acceptors (Lipinski definition) is 2. The van der Waals surface area contributed by atoms with Gasteiger partial charge in [-0.25, -0.2) is 0 Å². The van der Waals surface area contributed by atoms with Gasteiger partial charge in [0.25, 0.3) is 0 Å². The summed E-state index contributed by atoms with van der Waals surface area (Å²) in [6.07, 6.45) is 6.52. The van der Waals surface area contributed by atoms with Crippen LogP contribution in [0.3, 0.4) is 0 Å². The van der Waals surface area contributed by atoms with Crippen molar-refractivity contribution >= 4 is 11.6 Å². The van der Waals surface area contributed by atoms with Crippen LogP contribution in [0.25, 0.3) is 0 Å². The summed E-state index contributed by atoms with van der Waals surface area (Å²) < 4.78 is 5.34. The Morgan fingerprint density at radius 2 is 1.67 bits per heavy atom. The number of anilines is 1. The van der Waals surface area contributed by atoms with Crippen LogP contribution in [0.15, 0.2) is 24.3 Å². The number of amides is 1. The third-order valence-electron chi connectivity index (χ3n) is 5.89. The Kier molecular flexibility index (Phi) is 3.16. The Labute approximate surface area is 126 Å². The molecule has 0 heterocycles. The van der Waals surface area contributed by atoms with Crippen molar-refractivity contribution in [1.82, 2.24) is 0 Å². The molecule has 4 saturated carbocycles. The van der Waals surface area contributed by atoms with Crippen molar-refractivity contribution in [2.45, 2.75) is 32.1 Å². The lowest BCUT2D eigenvalue weighted by Gasteiger charge is -2.53. The number of para-hydroxylation sites is 2. The molecule has 1 N–H and O–H groups in total. The van der Waals surface area contributed by atoms with Crippen molar-refractivity contribution in [1.29, 1.82) is 0 Å². The van der Waals surface area contributed by atoms with Gasteiger partial charge in [-0.05, 0) is 67.9 Å². The van der Waals surface area contributed by atoms with Gasteiger partial charge in [0.05, 0.1) is 12.8 Å². The van der Waals surface area contributed by atoms with E-state index in [0.29, 0.717) is 11.8 Å². The molecule has 4 fully saturated rings. The van der Waals surface area contributed by atoms with E-state index in [1.807, 2.05) is 24.3 Å². The van der Waals surface area contributed by atoms with E-state index in [-0.39, 0.29) is 11.8 Å². The molecule has 3 nitrogen and oxygen atoms in total. The van der Waals surface area contributed by atoms with Gasteiger partial charge in [0.1, 0.15) is 5.75 Å². The predicted octanol–water partition coefficient (Wildman–Crippen LogP) is 3.71. The van der Waals surface area contributed by atoms with Crippen LogP contribution in [0, 0.1) is 29.6 Å². The smallest absolute Gasteiger partial charge is 0.228 e. The van der Waals surface area contributed by atoms with Gasteiger partial charge in [-0.2, -0.15) is 0 Å². The third-order valence-corrected chi connectivity index (χ3v) is 5.89. The molecule has 0 saturated heterocycles. The Hall–Kier alpha value is -1.51. The largest absolute Gasteiger partial charge is 0.495 e. The number of nitrogens with one attached hydrogen (secondary N) is 1. The molecule has 3 heteroatoms. The van der Waals surface area contributed by atoms with Crippen molar-refractivity contribution in [3.63, 3.8) is 0 Å². The van der Waals surface area contributed by atoms with Crippen molar-refractivity contribution < 1.29 is 9.53 Å². The molecule has 1 aromatic rings. The molecule has 1 aromatic carbocycles. The second-order valence-electron chi connectivity index (χ2n) is 7.15. The van der Waals surface area contributed by atoms with E-state index >= 15 is 0 Å². The van der Waals surface area contributed by atoms with Crippen molar-refractivity contribution in [3.8, 4) is 5.75 Å². The van der Waals surface area contributed by atoms with Crippen LogP contribution in [0.1, 0.15) is 32.1 Å². The molecule has 4 aliphatic rings. The summed E-state index contributed by atoms with van der Waals surface area (Å²) in [5.41, 5.74) is 0.804. The second kappa shape index (κ2) is 5.04. The average molecular weight is 285 g/mol. The first-order valence-electron chi connectivity index (χ1n) is 8.18. The lowest BCUT2D eigenvalue weighted by Crippen LogP contribution is -2.49. The van der Waals surface area contributed by atoms with Crippen LogP contribution < -0.4 is 10.1 Å². The first-order valence-corrected chi connectivity index (χ1v) is 8.18. The van der Waals surface area contributed by atoms with E-state index in [1.165, 1.54) is 32.1 Å². The van der Waals surface area contributed by atoms with Crippen LogP contribution >= 0.6 is 0 Å². The molecule has 21 heavy (non-hydrogen) atoms. The monoisotopic (exact) mass is 285 g/mol. The molecule has 112 valence electrons. The van der Waals surface area contributed by atoms with Crippen LogP contribution in [0.2, 0.25) is 0 Å². The fourth-order valence-electron chi connectivity index (χ4n) is 5.32. The number of ether oxygens (including phenoxy) is 1. The van der Waals surface area contributed by atoms with Gasteiger partial charge in [0, 0.05) is 5.92 Å². The Balaban J connectivity index is 1.53. The van der Waals surface area contributed by atoms with Gasteiger partial charge in [-0.1, -0.05) is 12.1 Å². The van der Waals surface area contributed by atoms with Gasteiger partial charge < -0.3 is 10.1 Å². The van der Waals surface area contributed by atoms with E-state index in [4.69, 9.17) is 4.74 Å². The molecule has 0 unspecified atom stereocenters. The van der Waals surface area contributed by atoms with E-state index in [9.17, 15) is 4.79 Å². The van der Waals surface area contributed by atoms with E-state index < -0.39 is 0 Å². The predicted molar refractivity (Wildman–Crippen MR) is 82.2 cm³/mol. The minimum absolute atomic E-state index is 0.216. The van der Waals surface area contributed by atoms with Gasteiger partial charge in [-0.15, -0.1) is 0 Å². The zero-order valence-electron chi connectivity index (χ0n) is 12.5. The Morgan fingerprint density at radius 3 is 2.29 bits per heavy atom. The zero-order chi connectivity index (χ0) is 14.4. The molecule has 5 rings (SSSR count). The summed E-state index contributed by atoms with van der Waals surface area (Å²) in [5.74, 6) is 4.24. The Bertz CT molecular complexity index is 526. The first-order chi connectivity index (χ1) is 10.2. The summed E-state index contributed by atoms with van der Waals surface area (Å²) in [6.45, 7) is 0. The highest BCUT2D eigenvalue weighted by Crippen LogP contribution is 2.56. The number of rotatable bonds is 3. The standard InChI is InChI=1S/C18H23NO2/c1-21-16-5-3-2-4-15(16)19-18(20)17-13-7-11-6-12(9-13)10-14(17)8-11/h2-5,11-14,17H,6-10H2,1H3,(H,19,20). The Morgan fingerprint density at radius 1 is 1.05 bits per heavy atom. The van der Waals surface area contributed by atoms with Crippen LogP contribution in [-0.2, 0) is 4.79 Å². The number of carbonyl (C=O) groups is 1. The van der Waals surface area contributed by atoms with E-state index in [0.717, 1.165) is 23.3 Å². The summed E-state index contributed by atoms with van der Waals surface area (Å²) in [6, 6.07) is 7.69. The van der Waals surface area contributed by atoms with Crippen molar-refractivity contribution in [2.24, 2.45) is 29.6 Å². The lowest BCUT2D eigenvalue weighted by molar-refractivity contribution is -0.132. The minimum atomic E-state index is 0.216. The molecule has 1 amide bonds. The minimum Gasteiger partial charge on any atom is -0.495 e. The third kappa shape index (κ3) is 2.23. The number of benzene rings is 1. The highest BCUT2D eigenvalue weighted by molar-refractivity contribution is 5.94. The van der Waals surface area contributed by atoms with Gasteiger partial charge >= 0.3 is 0 Å². The summed E-state index contributed by atoms with van der Waals surface area (Å²) in [4.78, 5) is 12.8. The molecule has 0 atom stereocenters. The van der Waals surface area contributed by atoms with Gasteiger partial charge in [0.15, 0.2) is 0 Å². The van der Waals surface area contributed by atoms with E-state index in [1.54, 1.807) is 7.11 Å². The normalized spacial score (nSPS) is 36.5. The molecular weight excluding hydrogens is 262 g/mol. The summed E-state index contributed by atoms with van der Waals surface area (Å²) >= 11 is 0. The lowest BCUT2D eigenvalue weighted by atomic mass is 9.51. The molecule has 0 spiro atoms. The van der Waals surface area contributed by atoms with Crippen LogP contribution in [0.4, 0.5) is 5.69 Å². The van der Waals surface area contributed by atoms with Gasteiger partial charge in [0.2, 0.25) is 5.91 Å². The molecule has 0 aromatic heterocycles. The number of methoxy groups -OCH3 is 1. The summed E-state index contributed by atoms with van der Waals surface area (Å²) in [7, 11) is 1.65. The number of hydrogen-bond donors (Lipinski definition) is 1. The maximum Gasteiger partial charge on any atom is 0.228 e. The topological polar surface area (TPSA) is 38.3 Å². The van der Waals surface area contributed by atoms with Crippen molar-refractivity contribution in [3.05, 3.63) is 24.3 Å². The summed E-state index contributed by atoms with van der Waals surface area (Å²) in [5, 5.41) is 3.13. The fraction of sp³-hybridized carbons (Fsp3) is 0.611. The zero-order valence-corrected chi connectivity index (χ0v) is 12.5. The highest BCUT2D eigenvalue weighted by Gasteiger charge is 2.50. The average Bonchev–Trinajstić information content (AvgIpc) is 2.46. The maximum absolute atomic E-state index is 12.8. The van der Waals surface area contributed by atoms with Crippen molar-refractivity contribution in [2.75, 3.05) is 12.4 Å². The maximum atomic E-state index is 12.8. The SMILES string of the molecule is COc1ccccc1NC(=O)C1C2CC3CC(C2)CC1C3. The van der Waals surface area contributed by atoms with Gasteiger partial charge in [-0.3, -0.25) is 4.79 Å². The van der Waals surface area contributed by atoms with E-state index in [2.05, 4.69) is 5.32 Å². The van der Waals surface area contributed by atoms with Crippen LogP contribution in [-0.4, -0.2) is 13.0 Å². The van der Waals surface area contributed by atoms with Crippen LogP contribution in [0.5, 0.6) is 5.75 Å². The first kappa shape index (κ1) is 13.2. The fourth-order valence-corrected chi connectivity index (χ4v) is 5.32. The molecule has 0 aliphatic heterocycles.